The molecule has 2 atom stereocenters. The van der Waals surface area contributed by atoms with Gasteiger partial charge in [0, 0.05) is 45.1 Å². The lowest BCUT2D eigenvalue weighted by Crippen LogP contribution is -2.51. The van der Waals surface area contributed by atoms with Crippen LogP contribution in [-0.4, -0.2) is 73.1 Å². The quantitative estimate of drug-likeness (QED) is 0.251. The molecule has 224 valence electrons. The van der Waals surface area contributed by atoms with E-state index in [-0.39, 0.29) is 30.7 Å². The molecule has 40 heavy (non-hydrogen) atoms. The molecule has 0 spiro atoms. The fourth-order valence-corrected chi connectivity index (χ4v) is 5.39. The van der Waals surface area contributed by atoms with Crippen LogP contribution < -0.4 is 10.8 Å². The summed E-state index contributed by atoms with van der Waals surface area (Å²) in [6.07, 6.45) is 5.22. The maximum Gasteiger partial charge on any atom is 0.244 e. The first-order valence-corrected chi connectivity index (χ1v) is 15.1. The molecule has 1 saturated heterocycles. The maximum absolute atomic E-state index is 13.2. The second-order valence-corrected chi connectivity index (χ2v) is 11.9. The number of ether oxygens (including phenoxy) is 1. The number of hydrogen-bond donors (Lipinski definition) is 2. The van der Waals surface area contributed by atoms with Crippen molar-refractivity contribution in [2.75, 3.05) is 39.3 Å². The van der Waals surface area contributed by atoms with E-state index in [1.165, 1.54) is 11.1 Å². The van der Waals surface area contributed by atoms with E-state index < -0.39 is 12.2 Å². The molecule has 1 aromatic carbocycles. The van der Waals surface area contributed by atoms with Crippen LogP contribution in [0.3, 0.4) is 0 Å². The molecule has 2 unspecified atom stereocenters. The van der Waals surface area contributed by atoms with Gasteiger partial charge in [0.05, 0.1) is 13.2 Å². The van der Waals surface area contributed by atoms with Crippen LogP contribution in [0.5, 0.6) is 0 Å². The average molecular weight is 559 g/mol. The topological polar surface area (TPSA) is 100 Å². The molecule has 3 amide bonds. The summed E-state index contributed by atoms with van der Waals surface area (Å²) in [5.74, 6) is -0.374. The Balaban J connectivity index is 1.44. The van der Waals surface area contributed by atoms with Crippen molar-refractivity contribution in [1.29, 1.82) is 0 Å². The monoisotopic (exact) mass is 558 g/mol. The van der Waals surface area contributed by atoms with E-state index in [1.807, 2.05) is 11.8 Å². The number of amides is 3. The van der Waals surface area contributed by atoms with E-state index in [0.29, 0.717) is 44.4 Å². The van der Waals surface area contributed by atoms with Crippen LogP contribution in [0.2, 0.25) is 0 Å². The minimum atomic E-state index is -0.525. The van der Waals surface area contributed by atoms with Gasteiger partial charge in [0.2, 0.25) is 17.7 Å². The normalized spacial score (nSPS) is 18.1. The van der Waals surface area contributed by atoms with Crippen LogP contribution in [0, 0.1) is 24.7 Å². The van der Waals surface area contributed by atoms with Gasteiger partial charge in [-0.1, -0.05) is 76.3 Å². The predicted molar refractivity (Wildman–Crippen MR) is 155 cm³/mol. The van der Waals surface area contributed by atoms with Gasteiger partial charge in [-0.3, -0.25) is 19.3 Å². The van der Waals surface area contributed by atoms with E-state index in [4.69, 9.17) is 9.57 Å². The van der Waals surface area contributed by atoms with Crippen LogP contribution in [0.4, 0.5) is 0 Å². The molecule has 2 aliphatic rings. The summed E-state index contributed by atoms with van der Waals surface area (Å²) in [5, 5.41) is 2.84. The van der Waals surface area contributed by atoms with E-state index in [9.17, 15) is 14.4 Å². The number of benzene rings is 1. The van der Waals surface area contributed by atoms with Crippen molar-refractivity contribution in [2.45, 2.75) is 85.5 Å². The average Bonchev–Trinajstić information content (AvgIpc) is 3.46. The smallest absolute Gasteiger partial charge is 0.244 e. The minimum Gasteiger partial charge on any atom is -0.350 e. The highest BCUT2D eigenvalue weighted by molar-refractivity contribution is 5.88. The number of carbonyl (C=O) groups excluding carboxylic acids is 3. The minimum absolute atomic E-state index is 0.0226. The van der Waals surface area contributed by atoms with Crippen molar-refractivity contribution in [3.8, 4) is 0 Å². The van der Waals surface area contributed by atoms with Gasteiger partial charge in [0.1, 0.15) is 0 Å². The standard InChI is InChI=1S/C31H50N4O5/c1-5-30(39-22-23(2)3)40-33-28(36)19-27(18-25-8-6-7-9-25)31(38)32-20-29(37)35-16-14-34(15-17-35)21-26-12-10-24(4)11-13-26/h10-13,23,25,27,30H,5-9,14-22H2,1-4H3,(H,32,38)(H,33,36). The Labute approximate surface area is 240 Å². The SMILES string of the molecule is CCC(OCC(C)C)ONC(=O)CC(CC1CCCC1)C(=O)NCC(=O)N1CCN(Cc2ccc(C)cc2)CC1. The van der Waals surface area contributed by atoms with E-state index in [1.54, 1.807) is 0 Å². The number of hydroxylamine groups is 1. The van der Waals surface area contributed by atoms with Crippen LogP contribution >= 0.6 is 0 Å². The molecule has 9 heteroatoms. The molecule has 2 fully saturated rings. The third-order valence-corrected chi connectivity index (χ3v) is 7.81. The summed E-state index contributed by atoms with van der Waals surface area (Å²) in [7, 11) is 0. The van der Waals surface area contributed by atoms with Crippen molar-refractivity contribution in [2.24, 2.45) is 17.8 Å². The molecule has 1 aromatic rings. The molecule has 0 bridgehead atoms. The Morgan fingerprint density at radius 3 is 2.33 bits per heavy atom. The molecule has 2 N–H and O–H groups in total. The fraction of sp³-hybridized carbons (Fsp3) is 0.710. The summed E-state index contributed by atoms with van der Waals surface area (Å²) < 4.78 is 5.66. The number of hydrogen-bond acceptors (Lipinski definition) is 6. The van der Waals surface area contributed by atoms with Crippen molar-refractivity contribution in [1.82, 2.24) is 20.6 Å². The molecule has 1 heterocycles. The molecule has 1 aliphatic heterocycles. The number of aryl methyl sites for hydroxylation is 1. The zero-order valence-corrected chi connectivity index (χ0v) is 25.0. The third-order valence-electron chi connectivity index (χ3n) is 7.81. The number of rotatable bonds is 15. The van der Waals surface area contributed by atoms with Crippen LogP contribution in [-0.2, 0) is 30.5 Å². The Morgan fingerprint density at radius 2 is 1.70 bits per heavy atom. The molecule has 1 aliphatic carbocycles. The van der Waals surface area contributed by atoms with E-state index >= 15 is 0 Å². The molecular weight excluding hydrogens is 508 g/mol. The zero-order chi connectivity index (χ0) is 28.9. The zero-order valence-electron chi connectivity index (χ0n) is 25.0. The van der Waals surface area contributed by atoms with Gasteiger partial charge in [-0.05, 0) is 37.2 Å². The molecular formula is C31H50N4O5. The summed E-state index contributed by atoms with van der Waals surface area (Å²) in [6, 6.07) is 8.55. The largest absolute Gasteiger partial charge is 0.350 e. The Hall–Kier alpha value is -2.49. The maximum atomic E-state index is 13.2. The van der Waals surface area contributed by atoms with Gasteiger partial charge in [0.25, 0.3) is 0 Å². The van der Waals surface area contributed by atoms with E-state index in [2.05, 4.69) is 60.7 Å². The Bertz CT molecular complexity index is 924. The number of nitrogens with one attached hydrogen (secondary N) is 2. The summed E-state index contributed by atoms with van der Waals surface area (Å²) in [4.78, 5) is 48.4. The van der Waals surface area contributed by atoms with Gasteiger partial charge in [-0.25, -0.2) is 10.3 Å². The molecule has 0 aromatic heterocycles. The number of piperazine rings is 1. The predicted octanol–water partition coefficient (Wildman–Crippen LogP) is 3.80. The van der Waals surface area contributed by atoms with Crippen LogP contribution in [0.25, 0.3) is 0 Å². The fourth-order valence-electron chi connectivity index (χ4n) is 5.39. The first-order valence-electron chi connectivity index (χ1n) is 15.1. The van der Waals surface area contributed by atoms with Crippen molar-refractivity contribution < 1.29 is 24.0 Å². The van der Waals surface area contributed by atoms with Gasteiger partial charge in [-0.2, -0.15) is 0 Å². The number of nitrogens with zero attached hydrogens (tertiary/aromatic N) is 2. The van der Waals surface area contributed by atoms with Gasteiger partial charge in [-0.15, -0.1) is 0 Å². The number of carbonyl (C=O) groups is 3. The summed E-state index contributed by atoms with van der Waals surface area (Å²) >= 11 is 0. The second kappa shape index (κ2) is 16.7. The van der Waals surface area contributed by atoms with Gasteiger partial charge in [0.15, 0.2) is 6.29 Å². The van der Waals surface area contributed by atoms with Gasteiger partial charge < -0.3 is 15.0 Å². The van der Waals surface area contributed by atoms with Crippen LogP contribution in [0.15, 0.2) is 24.3 Å². The molecule has 1 saturated carbocycles. The summed E-state index contributed by atoms with van der Waals surface area (Å²) in [6.45, 7) is 12.4. The molecule has 9 nitrogen and oxygen atoms in total. The van der Waals surface area contributed by atoms with Gasteiger partial charge >= 0.3 is 0 Å². The molecule has 0 radical (unpaired) electrons. The second-order valence-electron chi connectivity index (χ2n) is 11.9. The van der Waals surface area contributed by atoms with E-state index in [0.717, 1.165) is 45.3 Å². The highest BCUT2D eigenvalue weighted by Gasteiger charge is 2.29. The van der Waals surface area contributed by atoms with Crippen molar-refractivity contribution in [3.05, 3.63) is 35.4 Å². The third kappa shape index (κ3) is 11.2. The molecule has 3 rings (SSSR count). The lowest BCUT2D eigenvalue weighted by molar-refractivity contribution is -0.192. The summed E-state index contributed by atoms with van der Waals surface area (Å²) in [5.41, 5.74) is 5.00. The van der Waals surface area contributed by atoms with Crippen molar-refractivity contribution in [3.63, 3.8) is 0 Å². The highest BCUT2D eigenvalue weighted by Crippen LogP contribution is 2.31. The van der Waals surface area contributed by atoms with Crippen molar-refractivity contribution >= 4 is 17.7 Å². The first kappa shape index (κ1) is 32.0. The highest BCUT2D eigenvalue weighted by atomic mass is 16.8. The van der Waals surface area contributed by atoms with Crippen LogP contribution in [0.1, 0.15) is 76.8 Å². The Morgan fingerprint density at radius 1 is 1.02 bits per heavy atom. The Kier molecular flexibility index (Phi) is 13.4. The first-order chi connectivity index (χ1) is 19.2. The lowest BCUT2D eigenvalue weighted by Gasteiger charge is -2.35. The lowest BCUT2D eigenvalue weighted by atomic mass is 9.90.